The fourth-order valence-corrected chi connectivity index (χ4v) is 2.53. The van der Waals surface area contributed by atoms with Crippen LogP contribution in [0.2, 0.25) is 5.02 Å². The Morgan fingerprint density at radius 3 is 2.44 bits per heavy atom. The van der Waals surface area contributed by atoms with Gasteiger partial charge in [-0.1, -0.05) is 36.6 Å². The van der Waals surface area contributed by atoms with Crippen LogP contribution >= 0.6 is 11.6 Å². The SMILES string of the molecule is C[C@@H](NC(=O)C1(N)CCCC1)c1ccc(Cl)cc1. The van der Waals surface area contributed by atoms with Crippen molar-refractivity contribution in [3.8, 4) is 0 Å². The van der Waals surface area contributed by atoms with Crippen molar-refractivity contribution in [2.75, 3.05) is 0 Å². The highest BCUT2D eigenvalue weighted by Crippen LogP contribution is 2.28. The minimum atomic E-state index is -0.666. The average Bonchev–Trinajstić information content (AvgIpc) is 2.78. The third kappa shape index (κ3) is 2.85. The van der Waals surface area contributed by atoms with Crippen molar-refractivity contribution in [2.45, 2.75) is 44.2 Å². The zero-order chi connectivity index (χ0) is 13.2. The van der Waals surface area contributed by atoms with Gasteiger partial charge in [0.1, 0.15) is 0 Å². The molecule has 3 nitrogen and oxygen atoms in total. The Balaban J connectivity index is 2.00. The van der Waals surface area contributed by atoms with Crippen LogP contribution in [-0.4, -0.2) is 11.4 Å². The van der Waals surface area contributed by atoms with E-state index in [1.165, 1.54) is 0 Å². The molecule has 0 aromatic heterocycles. The van der Waals surface area contributed by atoms with E-state index in [9.17, 15) is 4.79 Å². The maximum atomic E-state index is 12.2. The summed E-state index contributed by atoms with van der Waals surface area (Å²) in [6.45, 7) is 1.96. The first kappa shape index (κ1) is 13.4. The van der Waals surface area contributed by atoms with Gasteiger partial charge in [0.05, 0.1) is 11.6 Å². The molecule has 4 heteroatoms. The van der Waals surface area contributed by atoms with Gasteiger partial charge in [0.2, 0.25) is 5.91 Å². The summed E-state index contributed by atoms with van der Waals surface area (Å²) < 4.78 is 0. The largest absolute Gasteiger partial charge is 0.348 e. The Hall–Kier alpha value is -1.06. The van der Waals surface area contributed by atoms with Crippen LogP contribution in [0, 0.1) is 0 Å². The van der Waals surface area contributed by atoms with Crippen LogP contribution in [0.25, 0.3) is 0 Å². The van der Waals surface area contributed by atoms with Crippen molar-refractivity contribution in [3.63, 3.8) is 0 Å². The van der Waals surface area contributed by atoms with Gasteiger partial charge >= 0.3 is 0 Å². The Morgan fingerprint density at radius 1 is 1.33 bits per heavy atom. The fourth-order valence-electron chi connectivity index (χ4n) is 2.41. The maximum Gasteiger partial charge on any atom is 0.240 e. The number of carbonyl (C=O) groups excluding carboxylic acids is 1. The van der Waals surface area contributed by atoms with Crippen molar-refractivity contribution in [3.05, 3.63) is 34.9 Å². The van der Waals surface area contributed by atoms with E-state index in [0.29, 0.717) is 5.02 Å². The van der Waals surface area contributed by atoms with Gasteiger partial charge in [0.15, 0.2) is 0 Å². The number of rotatable bonds is 3. The fraction of sp³-hybridized carbons (Fsp3) is 0.500. The van der Waals surface area contributed by atoms with Crippen molar-refractivity contribution in [1.82, 2.24) is 5.32 Å². The number of halogens is 1. The topological polar surface area (TPSA) is 55.1 Å². The van der Waals surface area contributed by atoms with Crippen LogP contribution in [0.4, 0.5) is 0 Å². The molecule has 1 amide bonds. The zero-order valence-corrected chi connectivity index (χ0v) is 11.3. The molecule has 1 atom stereocenters. The van der Waals surface area contributed by atoms with Gasteiger partial charge in [0.25, 0.3) is 0 Å². The number of carbonyl (C=O) groups is 1. The van der Waals surface area contributed by atoms with Crippen molar-refractivity contribution in [2.24, 2.45) is 5.73 Å². The highest BCUT2D eigenvalue weighted by Gasteiger charge is 2.37. The van der Waals surface area contributed by atoms with E-state index < -0.39 is 5.54 Å². The van der Waals surface area contributed by atoms with Gasteiger partial charge in [-0.3, -0.25) is 4.79 Å². The number of amides is 1. The lowest BCUT2D eigenvalue weighted by molar-refractivity contribution is -0.126. The van der Waals surface area contributed by atoms with Gasteiger partial charge in [-0.25, -0.2) is 0 Å². The van der Waals surface area contributed by atoms with Gasteiger partial charge in [-0.05, 0) is 37.5 Å². The number of hydrogen-bond donors (Lipinski definition) is 2. The number of benzene rings is 1. The molecule has 2 rings (SSSR count). The molecule has 18 heavy (non-hydrogen) atoms. The van der Waals surface area contributed by atoms with Gasteiger partial charge in [-0.2, -0.15) is 0 Å². The van der Waals surface area contributed by atoms with E-state index in [2.05, 4.69) is 5.32 Å². The molecular formula is C14H19ClN2O. The molecule has 3 N–H and O–H groups in total. The molecule has 1 aliphatic rings. The van der Waals surface area contributed by atoms with E-state index in [1.807, 2.05) is 31.2 Å². The summed E-state index contributed by atoms with van der Waals surface area (Å²) >= 11 is 5.84. The van der Waals surface area contributed by atoms with Crippen LogP contribution in [0.3, 0.4) is 0 Å². The molecule has 0 spiro atoms. The predicted molar refractivity (Wildman–Crippen MR) is 73.4 cm³/mol. The Kier molecular flexibility index (Phi) is 3.93. The second-order valence-corrected chi connectivity index (χ2v) is 5.55. The molecule has 98 valence electrons. The summed E-state index contributed by atoms with van der Waals surface area (Å²) in [5.74, 6) is -0.0394. The molecule has 1 saturated carbocycles. The minimum absolute atomic E-state index is 0.0394. The summed E-state index contributed by atoms with van der Waals surface area (Å²) in [5.41, 5.74) is 6.49. The molecule has 0 unspecified atom stereocenters. The van der Waals surface area contributed by atoms with Gasteiger partial charge < -0.3 is 11.1 Å². The van der Waals surface area contributed by atoms with E-state index in [4.69, 9.17) is 17.3 Å². The van der Waals surface area contributed by atoms with E-state index in [-0.39, 0.29) is 11.9 Å². The maximum absolute atomic E-state index is 12.2. The Bertz CT molecular complexity index is 424. The van der Waals surface area contributed by atoms with Crippen molar-refractivity contribution >= 4 is 17.5 Å². The minimum Gasteiger partial charge on any atom is -0.348 e. The first-order chi connectivity index (χ1) is 8.51. The van der Waals surface area contributed by atoms with Crippen LogP contribution in [0.5, 0.6) is 0 Å². The van der Waals surface area contributed by atoms with E-state index in [1.54, 1.807) is 0 Å². The van der Waals surface area contributed by atoms with Crippen molar-refractivity contribution in [1.29, 1.82) is 0 Å². The molecule has 0 heterocycles. The average molecular weight is 267 g/mol. The first-order valence-electron chi connectivity index (χ1n) is 6.36. The molecule has 1 aliphatic carbocycles. The standard InChI is InChI=1S/C14H19ClN2O/c1-10(11-4-6-12(15)7-5-11)17-13(18)14(16)8-2-3-9-14/h4-7,10H,2-3,8-9,16H2,1H3,(H,17,18)/t10-/m1/s1. The summed E-state index contributed by atoms with van der Waals surface area (Å²) in [5, 5.41) is 3.69. The first-order valence-corrected chi connectivity index (χ1v) is 6.74. The van der Waals surface area contributed by atoms with Gasteiger partial charge in [0, 0.05) is 5.02 Å². The Labute approximate surface area is 113 Å². The lowest BCUT2D eigenvalue weighted by atomic mass is 9.97. The highest BCUT2D eigenvalue weighted by atomic mass is 35.5. The molecule has 1 aromatic rings. The molecule has 1 aromatic carbocycles. The number of nitrogens with one attached hydrogen (secondary N) is 1. The van der Waals surface area contributed by atoms with E-state index >= 15 is 0 Å². The number of nitrogens with two attached hydrogens (primary N) is 1. The second kappa shape index (κ2) is 5.29. The Morgan fingerprint density at radius 2 is 1.89 bits per heavy atom. The third-order valence-electron chi connectivity index (χ3n) is 3.67. The molecule has 0 radical (unpaired) electrons. The molecule has 0 aliphatic heterocycles. The summed E-state index contributed by atoms with van der Waals surface area (Å²) in [7, 11) is 0. The molecular weight excluding hydrogens is 248 g/mol. The second-order valence-electron chi connectivity index (χ2n) is 5.11. The molecule has 0 saturated heterocycles. The lowest BCUT2D eigenvalue weighted by Crippen LogP contribution is -2.52. The smallest absolute Gasteiger partial charge is 0.240 e. The van der Waals surface area contributed by atoms with Gasteiger partial charge in [-0.15, -0.1) is 0 Å². The van der Waals surface area contributed by atoms with Crippen LogP contribution in [0.15, 0.2) is 24.3 Å². The quantitative estimate of drug-likeness (QED) is 0.884. The molecule has 0 bridgehead atoms. The summed E-state index contributed by atoms with van der Waals surface area (Å²) in [6.07, 6.45) is 3.65. The monoisotopic (exact) mass is 266 g/mol. The predicted octanol–water partition coefficient (Wildman–Crippen LogP) is 2.79. The van der Waals surface area contributed by atoms with Crippen molar-refractivity contribution < 1.29 is 4.79 Å². The number of hydrogen-bond acceptors (Lipinski definition) is 2. The van der Waals surface area contributed by atoms with Crippen LogP contribution in [-0.2, 0) is 4.79 Å². The molecule has 1 fully saturated rings. The zero-order valence-electron chi connectivity index (χ0n) is 10.6. The highest BCUT2D eigenvalue weighted by molar-refractivity contribution is 6.30. The van der Waals surface area contributed by atoms with Crippen LogP contribution < -0.4 is 11.1 Å². The normalized spacial score (nSPS) is 19.5. The third-order valence-corrected chi connectivity index (χ3v) is 3.92. The summed E-state index contributed by atoms with van der Waals surface area (Å²) in [6, 6.07) is 7.45. The lowest BCUT2D eigenvalue weighted by Gasteiger charge is -2.25. The summed E-state index contributed by atoms with van der Waals surface area (Å²) in [4.78, 5) is 12.2. The van der Waals surface area contributed by atoms with Crippen LogP contribution in [0.1, 0.15) is 44.2 Å². The van der Waals surface area contributed by atoms with E-state index in [0.717, 1.165) is 31.2 Å².